The average Bonchev–Trinajstić information content (AvgIpc) is 2.99. The summed E-state index contributed by atoms with van der Waals surface area (Å²) < 4.78 is 24.5. The van der Waals surface area contributed by atoms with Crippen molar-refractivity contribution in [2.45, 2.75) is 26.2 Å². The van der Waals surface area contributed by atoms with Crippen molar-refractivity contribution in [1.82, 2.24) is 24.3 Å². The van der Waals surface area contributed by atoms with Crippen molar-refractivity contribution in [3.63, 3.8) is 0 Å². The number of aryl methyl sites for hydroxylation is 2. The fraction of sp³-hybridized carbons (Fsp3) is 0.375. The van der Waals surface area contributed by atoms with Gasteiger partial charge in [0, 0.05) is 31.3 Å². The first-order chi connectivity index (χ1) is 11.5. The Morgan fingerprint density at radius 2 is 2.00 bits per heavy atom. The molecule has 0 fully saturated rings. The molecule has 3 heterocycles. The lowest BCUT2D eigenvalue weighted by molar-refractivity contribution is 0.599. The van der Waals surface area contributed by atoms with Gasteiger partial charge in [0.1, 0.15) is 15.7 Å². The number of hydrogen-bond acceptors (Lipinski definition) is 6. The van der Waals surface area contributed by atoms with Crippen LogP contribution in [0.1, 0.15) is 24.9 Å². The van der Waals surface area contributed by atoms with Crippen molar-refractivity contribution in [3.8, 4) is 11.4 Å². The summed E-state index contributed by atoms with van der Waals surface area (Å²) in [6.45, 7) is 2.01. The highest BCUT2D eigenvalue weighted by atomic mass is 32.2. The maximum atomic E-state index is 11.3. The Balaban J connectivity index is 1.94. The van der Waals surface area contributed by atoms with Gasteiger partial charge in [0.2, 0.25) is 0 Å². The molecule has 3 aromatic rings. The topological polar surface area (TPSA) is 90.1 Å². The van der Waals surface area contributed by atoms with E-state index in [9.17, 15) is 8.42 Å². The van der Waals surface area contributed by atoms with Gasteiger partial charge in [-0.05, 0) is 18.9 Å². The molecule has 3 aromatic heterocycles. The van der Waals surface area contributed by atoms with E-state index >= 15 is 0 Å². The maximum absolute atomic E-state index is 11.3. The van der Waals surface area contributed by atoms with E-state index in [4.69, 9.17) is 0 Å². The molecule has 0 saturated heterocycles. The summed E-state index contributed by atoms with van der Waals surface area (Å²) in [7, 11) is -2.96. The minimum atomic E-state index is -2.96. The fourth-order valence-corrected chi connectivity index (χ4v) is 3.22. The normalized spacial score (nSPS) is 11.9. The first-order valence-electron chi connectivity index (χ1n) is 7.79. The van der Waals surface area contributed by atoms with E-state index in [1.165, 1.54) is 6.26 Å². The Hall–Kier alpha value is -2.35. The fourth-order valence-electron chi connectivity index (χ4n) is 2.55. The van der Waals surface area contributed by atoms with Gasteiger partial charge in [-0.15, -0.1) is 0 Å². The third-order valence-corrected chi connectivity index (χ3v) is 4.74. The van der Waals surface area contributed by atoms with Crippen LogP contribution in [0.5, 0.6) is 0 Å². The molecular weight excluding hydrogens is 326 g/mol. The summed E-state index contributed by atoms with van der Waals surface area (Å²) >= 11 is 0. The summed E-state index contributed by atoms with van der Waals surface area (Å²) in [5.41, 5.74) is 3.20. The second kappa shape index (κ2) is 6.64. The monoisotopic (exact) mass is 345 g/mol. The molecule has 0 aliphatic heterocycles. The highest BCUT2D eigenvalue weighted by molar-refractivity contribution is 7.90. The SMILES string of the molecule is CCc1nccc(-c2cnc3c(CCCS(C)(=O)=O)nccn23)n1. The van der Waals surface area contributed by atoms with Crippen LogP contribution >= 0.6 is 0 Å². The molecule has 0 bridgehead atoms. The van der Waals surface area contributed by atoms with Crippen LogP contribution in [-0.2, 0) is 22.7 Å². The Morgan fingerprint density at radius 1 is 1.17 bits per heavy atom. The second-order valence-electron chi connectivity index (χ2n) is 5.66. The zero-order chi connectivity index (χ0) is 17.2. The van der Waals surface area contributed by atoms with Crippen molar-refractivity contribution in [2.24, 2.45) is 0 Å². The highest BCUT2D eigenvalue weighted by Gasteiger charge is 2.12. The van der Waals surface area contributed by atoms with Crippen LogP contribution in [-0.4, -0.2) is 44.8 Å². The smallest absolute Gasteiger partial charge is 0.159 e. The largest absolute Gasteiger partial charge is 0.295 e. The van der Waals surface area contributed by atoms with E-state index in [0.717, 1.165) is 35.0 Å². The molecule has 8 heteroatoms. The molecule has 0 aliphatic carbocycles. The lowest BCUT2D eigenvalue weighted by atomic mass is 10.2. The first-order valence-corrected chi connectivity index (χ1v) is 9.85. The predicted octanol–water partition coefficient (Wildman–Crippen LogP) is 1.73. The van der Waals surface area contributed by atoms with Crippen molar-refractivity contribution in [2.75, 3.05) is 12.0 Å². The number of rotatable bonds is 6. The third-order valence-electron chi connectivity index (χ3n) is 3.71. The standard InChI is InChI=1S/C16H19N5O2S/c1-3-15-18-7-6-12(20-15)14-11-19-16-13(17-8-9-21(14)16)5-4-10-24(2,22)23/h6-9,11H,3-5,10H2,1-2H3. The molecule has 3 rings (SSSR count). The quantitative estimate of drug-likeness (QED) is 0.676. The molecule has 0 saturated carbocycles. The van der Waals surface area contributed by atoms with Gasteiger partial charge in [-0.25, -0.2) is 23.4 Å². The third kappa shape index (κ3) is 3.59. The van der Waals surface area contributed by atoms with E-state index in [2.05, 4.69) is 19.9 Å². The van der Waals surface area contributed by atoms with Crippen LogP contribution in [0, 0.1) is 0 Å². The molecule has 0 N–H and O–H groups in total. The molecule has 0 aliphatic rings. The average molecular weight is 345 g/mol. The molecule has 0 aromatic carbocycles. The maximum Gasteiger partial charge on any atom is 0.159 e. The number of sulfone groups is 1. The van der Waals surface area contributed by atoms with Crippen LogP contribution in [0.2, 0.25) is 0 Å². The Morgan fingerprint density at radius 3 is 2.75 bits per heavy atom. The molecule has 0 atom stereocenters. The number of hydrogen-bond donors (Lipinski definition) is 0. The van der Waals surface area contributed by atoms with Crippen molar-refractivity contribution in [3.05, 3.63) is 42.4 Å². The lowest BCUT2D eigenvalue weighted by Gasteiger charge is -2.05. The molecule has 0 radical (unpaired) electrons. The molecule has 24 heavy (non-hydrogen) atoms. The van der Waals surface area contributed by atoms with Crippen LogP contribution < -0.4 is 0 Å². The lowest BCUT2D eigenvalue weighted by Crippen LogP contribution is -2.06. The molecule has 0 unspecified atom stereocenters. The van der Waals surface area contributed by atoms with Gasteiger partial charge < -0.3 is 0 Å². The van der Waals surface area contributed by atoms with Gasteiger partial charge in [0.05, 0.1) is 29.0 Å². The van der Waals surface area contributed by atoms with Crippen molar-refractivity contribution in [1.29, 1.82) is 0 Å². The van der Waals surface area contributed by atoms with Gasteiger partial charge in [-0.3, -0.25) is 9.38 Å². The van der Waals surface area contributed by atoms with Gasteiger partial charge in [0.25, 0.3) is 0 Å². The van der Waals surface area contributed by atoms with E-state index in [-0.39, 0.29) is 5.75 Å². The van der Waals surface area contributed by atoms with Gasteiger partial charge in [-0.2, -0.15) is 0 Å². The van der Waals surface area contributed by atoms with Crippen LogP contribution in [0.15, 0.2) is 30.9 Å². The number of aromatic nitrogens is 5. The molecule has 0 spiro atoms. The molecule has 126 valence electrons. The van der Waals surface area contributed by atoms with Crippen molar-refractivity contribution < 1.29 is 8.42 Å². The Bertz CT molecular complexity index is 966. The molecular formula is C16H19N5O2S. The van der Waals surface area contributed by atoms with E-state index < -0.39 is 9.84 Å². The van der Waals surface area contributed by atoms with Crippen molar-refractivity contribution >= 4 is 15.5 Å². The minimum Gasteiger partial charge on any atom is -0.295 e. The predicted molar refractivity (Wildman–Crippen MR) is 91.4 cm³/mol. The van der Waals surface area contributed by atoms with E-state index in [1.807, 2.05) is 23.6 Å². The highest BCUT2D eigenvalue weighted by Crippen LogP contribution is 2.20. The number of imidazole rings is 1. The van der Waals surface area contributed by atoms with E-state index in [0.29, 0.717) is 12.8 Å². The zero-order valence-corrected chi connectivity index (χ0v) is 14.5. The Labute approximate surface area is 140 Å². The summed E-state index contributed by atoms with van der Waals surface area (Å²) in [4.78, 5) is 17.6. The van der Waals surface area contributed by atoms with Gasteiger partial charge >= 0.3 is 0 Å². The van der Waals surface area contributed by atoms with Gasteiger partial charge in [-0.1, -0.05) is 6.92 Å². The molecule has 0 amide bonds. The Kier molecular flexibility index (Phi) is 4.57. The summed E-state index contributed by atoms with van der Waals surface area (Å²) in [5, 5.41) is 0. The van der Waals surface area contributed by atoms with Gasteiger partial charge in [0.15, 0.2) is 5.65 Å². The summed E-state index contributed by atoms with van der Waals surface area (Å²) in [6.07, 6.45) is 10.2. The molecule has 7 nitrogen and oxygen atoms in total. The first kappa shape index (κ1) is 16.5. The number of nitrogens with zero attached hydrogens (tertiary/aromatic N) is 5. The van der Waals surface area contributed by atoms with Crippen LogP contribution in [0.4, 0.5) is 0 Å². The second-order valence-corrected chi connectivity index (χ2v) is 7.92. The number of fused-ring (bicyclic) bond motifs is 1. The zero-order valence-electron chi connectivity index (χ0n) is 13.7. The van der Waals surface area contributed by atoms with E-state index in [1.54, 1.807) is 18.6 Å². The van der Waals surface area contributed by atoms with Crippen LogP contribution in [0.3, 0.4) is 0 Å². The minimum absolute atomic E-state index is 0.148. The summed E-state index contributed by atoms with van der Waals surface area (Å²) in [5.74, 6) is 0.930. The van der Waals surface area contributed by atoms with Crippen LogP contribution in [0.25, 0.3) is 17.0 Å². The summed E-state index contributed by atoms with van der Waals surface area (Å²) in [6, 6.07) is 1.85.